The van der Waals surface area contributed by atoms with Gasteiger partial charge in [-0.15, -0.1) is 0 Å². The van der Waals surface area contributed by atoms with Crippen LogP contribution in [-0.2, 0) is 14.4 Å². The molecule has 90 valence electrons. The summed E-state index contributed by atoms with van der Waals surface area (Å²) in [7, 11) is 0. The summed E-state index contributed by atoms with van der Waals surface area (Å²) in [4.78, 5) is 34.5. The third-order valence-corrected chi connectivity index (χ3v) is 2.65. The van der Waals surface area contributed by atoms with Crippen molar-refractivity contribution in [3.63, 3.8) is 0 Å². The van der Waals surface area contributed by atoms with Gasteiger partial charge in [-0.3, -0.25) is 14.4 Å². The number of rotatable bonds is 2. The number of piperidine rings is 1. The molecule has 1 saturated heterocycles. The topological polar surface area (TPSA) is 86.7 Å². The predicted octanol–water partition coefficient (Wildman–Crippen LogP) is -0.556. The lowest BCUT2D eigenvalue weighted by Crippen LogP contribution is -2.53. The fourth-order valence-electron chi connectivity index (χ4n) is 1.93. The second-order valence-electron chi connectivity index (χ2n) is 4.09. The van der Waals surface area contributed by atoms with Crippen molar-refractivity contribution < 1.29 is 19.5 Å². The number of hydrogen-bond acceptors (Lipinski definition) is 3. The minimum absolute atomic E-state index is 0.165. The van der Waals surface area contributed by atoms with Crippen molar-refractivity contribution in [2.45, 2.75) is 26.3 Å². The zero-order chi connectivity index (χ0) is 12.3. The smallest absolute Gasteiger partial charge is 0.308 e. The summed E-state index contributed by atoms with van der Waals surface area (Å²) >= 11 is 0. The molecule has 0 saturated carbocycles. The highest BCUT2D eigenvalue weighted by Crippen LogP contribution is 2.17. The number of likely N-dealkylation sites (tertiary alicyclic amines) is 1. The molecule has 2 N–H and O–H groups in total. The molecular weight excluding hydrogens is 212 g/mol. The molecule has 0 bridgehead atoms. The molecule has 16 heavy (non-hydrogen) atoms. The number of aliphatic carboxylic acids is 1. The fourth-order valence-corrected chi connectivity index (χ4v) is 1.93. The summed E-state index contributed by atoms with van der Waals surface area (Å²) in [5.74, 6) is -1.91. The third kappa shape index (κ3) is 3.22. The van der Waals surface area contributed by atoms with Crippen LogP contribution in [0.4, 0.5) is 0 Å². The number of amides is 2. The summed E-state index contributed by atoms with van der Waals surface area (Å²) in [5, 5.41) is 11.6. The first-order valence-electron chi connectivity index (χ1n) is 5.15. The van der Waals surface area contributed by atoms with Gasteiger partial charge in [0, 0.05) is 33.0 Å². The normalized spacial score (nSPS) is 25.0. The zero-order valence-electron chi connectivity index (χ0n) is 9.40. The average molecular weight is 228 g/mol. The monoisotopic (exact) mass is 228 g/mol. The molecule has 1 aliphatic heterocycles. The van der Waals surface area contributed by atoms with Crippen LogP contribution in [0.15, 0.2) is 0 Å². The number of hydrogen-bond donors (Lipinski definition) is 2. The summed E-state index contributed by atoms with van der Waals surface area (Å²) in [6.07, 6.45) is 0.374. The molecule has 1 aliphatic rings. The maximum Gasteiger partial charge on any atom is 0.308 e. The van der Waals surface area contributed by atoms with Crippen LogP contribution in [0.5, 0.6) is 0 Å². The Bertz CT molecular complexity index is 294. The van der Waals surface area contributed by atoms with Gasteiger partial charge in [-0.2, -0.15) is 0 Å². The number of carbonyl (C=O) groups excluding carboxylic acids is 2. The molecular formula is C10H16N2O4. The standard InChI is InChI=1S/C10H16N2O4/c1-6(13)11-9-3-8(10(15)16)4-12(5-9)7(2)14/h8-9H,3-5H2,1-2H3,(H,11,13)(H,15,16). The van der Waals surface area contributed by atoms with E-state index in [1.807, 2.05) is 0 Å². The van der Waals surface area contributed by atoms with Gasteiger partial charge < -0.3 is 15.3 Å². The van der Waals surface area contributed by atoms with Gasteiger partial charge in [-0.1, -0.05) is 0 Å². The van der Waals surface area contributed by atoms with Crippen molar-refractivity contribution in [2.75, 3.05) is 13.1 Å². The van der Waals surface area contributed by atoms with E-state index in [0.29, 0.717) is 13.0 Å². The Balaban J connectivity index is 2.69. The van der Waals surface area contributed by atoms with Crippen molar-refractivity contribution in [1.82, 2.24) is 10.2 Å². The van der Waals surface area contributed by atoms with Crippen LogP contribution in [0.1, 0.15) is 20.3 Å². The quantitative estimate of drug-likeness (QED) is 0.663. The van der Waals surface area contributed by atoms with E-state index in [1.54, 1.807) is 0 Å². The molecule has 2 atom stereocenters. The lowest BCUT2D eigenvalue weighted by atomic mass is 9.94. The van der Waals surface area contributed by atoms with E-state index in [2.05, 4.69) is 5.32 Å². The van der Waals surface area contributed by atoms with Gasteiger partial charge >= 0.3 is 5.97 Å². The van der Waals surface area contributed by atoms with Crippen LogP contribution in [0.3, 0.4) is 0 Å². The first-order chi connectivity index (χ1) is 7.40. The molecule has 0 aromatic rings. The Hall–Kier alpha value is -1.59. The molecule has 1 fully saturated rings. The molecule has 6 nitrogen and oxygen atoms in total. The molecule has 0 aromatic heterocycles. The number of carbonyl (C=O) groups is 3. The van der Waals surface area contributed by atoms with Gasteiger partial charge in [0.15, 0.2) is 0 Å². The zero-order valence-corrected chi connectivity index (χ0v) is 9.40. The van der Waals surface area contributed by atoms with Crippen LogP contribution in [0.25, 0.3) is 0 Å². The highest BCUT2D eigenvalue weighted by atomic mass is 16.4. The van der Waals surface area contributed by atoms with E-state index < -0.39 is 11.9 Å². The Morgan fingerprint density at radius 1 is 1.25 bits per heavy atom. The van der Waals surface area contributed by atoms with E-state index in [1.165, 1.54) is 18.7 Å². The van der Waals surface area contributed by atoms with E-state index in [-0.39, 0.29) is 24.4 Å². The average Bonchev–Trinajstić information content (AvgIpc) is 2.15. The van der Waals surface area contributed by atoms with Gasteiger partial charge in [-0.05, 0) is 6.42 Å². The third-order valence-electron chi connectivity index (χ3n) is 2.65. The Kier molecular flexibility index (Phi) is 3.87. The Morgan fingerprint density at radius 2 is 1.88 bits per heavy atom. The highest BCUT2D eigenvalue weighted by molar-refractivity contribution is 5.77. The number of carboxylic acid groups (broad SMARTS) is 1. The number of nitrogens with zero attached hydrogens (tertiary/aromatic N) is 1. The van der Waals surface area contributed by atoms with E-state index >= 15 is 0 Å². The van der Waals surface area contributed by atoms with Crippen molar-refractivity contribution in [3.8, 4) is 0 Å². The van der Waals surface area contributed by atoms with Crippen LogP contribution in [0.2, 0.25) is 0 Å². The van der Waals surface area contributed by atoms with Gasteiger partial charge in [0.1, 0.15) is 0 Å². The highest BCUT2D eigenvalue weighted by Gasteiger charge is 2.32. The minimum atomic E-state index is -0.929. The Morgan fingerprint density at radius 3 is 2.31 bits per heavy atom. The maximum atomic E-state index is 11.2. The summed E-state index contributed by atoms with van der Waals surface area (Å²) in [5.41, 5.74) is 0. The lowest BCUT2D eigenvalue weighted by Gasteiger charge is -2.35. The van der Waals surface area contributed by atoms with Crippen molar-refractivity contribution >= 4 is 17.8 Å². The Labute approximate surface area is 93.6 Å². The van der Waals surface area contributed by atoms with Crippen LogP contribution in [-0.4, -0.2) is 46.9 Å². The van der Waals surface area contributed by atoms with Crippen molar-refractivity contribution in [2.24, 2.45) is 5.92 Å². The molecule has 2 unspecified atom stereocenters. The predicted molar refractivity (Wildman–Crippen MR) is 55.6 cm³/mol. The van der Waals surface area contributed by atoms with Gasteiger partial charge in [0.25, 0.3) is 0 Å². The second-order valence-corrected chi connectivity index (χ2v) is 4.09. The number of nitrogens with one attached hydrogen (secondary N) is 1. The molecule has 1 heterocycles. The first kappa shape index (κ1) is 12.5. The minimum Gasteiger partial charge on any atom is -0.481 e. The molecule has 2 amide bonds. The van der Waals surface area contributed by atoms with Gasteiger partial charge in [0.2, 0.25) is 11.8 Å². The molecule has 0 radical (unpaired) electrons. The van der Waals surface area contributed by atoms with E-state index in [4.69, 9.17) is 5.11 Å². The van der Waals surface area contributed by atoms with Crippen LogP contribution >= 0.6 is 0 Å². The lowest BCUT2D eigenvalue weighted by molar-refractivity contribution is -0.146. The summed E-state index contributed by atoms with van der Waals surface area (Å²) in [6, 6.07) is -0.267. The molecule has 6 heteroatoms. The largest absolute Gasteiger partial charge is 0.481 e. The molecule has 0 aliphatic carbocycles. The second kappa shape index (κ2) is 4.96. The van der Waals surface area contributed by atoms with E-state index in [0.717, 1.165) is 0 Å². The summed E-state index contributed by atoms with van der Waals surface area (Å²) in [6.45, 7) is 3.39. The SMILES string of the molecule is CC(=O)NC1CC(C(=O)O)CN(C(C)=O)C1. The van der Waals surface area contributed by atoms with E-state index in [9.17, 15) is 14.4 Å². The summed E-state index contributed by atoms with van der Waals surface area (Å²) < 4.78 is 0. The van der Waals surface area contributed by atoms with Crippen molar-refractivity contribution in [3.05, 3.63) is 0 Å². The van der Waals surface area contributed by atoms with Crippen LogP contribution < -0.4 is 5.32 Å². The first-order valence-corrected chi connectivity index (χ1v) is 5.15. The molecule has 0 spiro atoms. The fraction of sp³-hybridized carbons (Fsp3) is 0.700. The molecule has 1 rings (SSSR count). The van der Waals surface area contributed by atoms with Gasteiger partial charge in [-0.25, -0.2) is 0 Å². The number of carboxylic acids is 1. The van der Waals surface area contributed by atoms with Gasteiger partial charge in [0.05, 0.1) is 5.92 Å². The molecule has 0 aromatic carbocycles. The van der Waals surface area contributed by atoms with Crippen molar-refractivity contribution in [1.29, 1.82) is 0 Å². The van der Waals surface area contributed by atoms with Crippen LogP contribution in [0, 0.1) is 5.92 Å². The maximum absolute atomic E-state index is 11.2.